The molecule has 1 saturated heterocycles. The molecule has 2 heterocycles. The van der Waals surface area contributed by atoms with E-state index in [0.717, 1.165) is 50.3 Å². The topological polar surface area (TPSA) is 16.1 Å². The number of hydrogen-bond acceptors (Lipinski definition) is 2. The van der Waals surface area contributed by atoms with Gasteiger partial charge in [-0.2, -0.15) is 0 Å². The Morgan fingerprint density at radius 2 is 1.83 bits per heavy atom. The van der Waals surface area contributed by atoms with Crippen LogP contribution >= 0.6 is 11.6 Å². The summed E-state index contributed by atoms with van der Waals surface area (Å²) in [7, 11) is 0. The van der Waals surface area contributed by atoms with Crippen molar-refractivity contribution in [2.24, 2.45) is 0 Å². The second kappa shape index (κ2) is 6.70. The van der Waals surface area contributed by atoms with Crippen molar-refractivity contribution in [2.75, 3.05) is 19.6 Å². The first-order chi connectivity index (χ1) is 11.8. The van der Waals surface area contributed by atoms with Gasteiger partial charge in [-0.05, 0) is 67.1 Å². The molecule has 1 aliphatic heterocycles. The molecule has 2 aromatic rings. The summed E-state index contributed by atoms with van der Waals surface area (Å²) >= 11 is 6.27. The number of pyridine rings is 1. The number of nitrogens with zero attached hydrogens (tertiary/aromatic N) is 2. The van der Waals surface area contributed by atoms with E-state index >= 15 is 0 Å². The van der Waals surface area contributed by atoms with E-state index in [1.807, 2.05) is 12.3 Å². The minimum atomic E-state index is 0.831. The van der Waals surface area contributed by atoms with E-state index in [2.05, 4.69) is 36.1 Å². The van der Waals surface area contributed by atoms with Gasteiger partial charge in [-0.25, -0.2) is 0 Å². The highest BCUT2D eigenvalue weighted by Crippen LogP contribution is 2.38. The van der Waals surface area contributed by atoms with E-state index in [0.29, 0.717) is 0 Å². The summed E-state index contributed by atoms with van der Waals surface area (Å²) in [4.78, 5) is 7.32. The highest BCUT2D eigenvalue weighted by molar-refractivity contribution is 6.30. The number of hydrogen-bond donors (Lipinski definition) is 0. The molecule has 1 aromatic heterocycles. The Balaban J connectivity index is 1.88. The number of likely N-dealkylation sites (tertiary alicyclic amines) is 1. The molecule has 1 aromatic carbocycles. The molecule has 0 saturated carbocycles. The van der Waals surface area contributed by atoms with Crippen molar-refractivity contribution in [1.82, 2.24) is 9.88 Å². The van der Waals surface area contributed by atoms with Crippen LogP contribution in [0.4, 0.5) is 0 Å². The largest absolute Gasteiger partial charge is 0.303 e. The van der Waals surface area contributed by atoms with Crippen LogP contribution in [0, 0.1) is 0 Å². The molecule has 0 atom stereocenters. The van der Waals surface area contributed by atoms with E-state index in [1.54, 1.807) is 5.57 Å². The van der Waals surface area contributed by atoms with Crippen LogP contribution in [0.25, 0.3) is 5.57 Å². The lowest BCUT2D eigenvalue weighted by Gasteiger charge is -2.29. The molecule has 0 spiro atoms. The molecular formula is C21H23ClN2. The highest BCUT2D eigenvalue weighted by Gasteiger charge is 2.24. The number of rotatable bonds is 1. The zero-order valence-corrected chi connectivity index (χ0v) is 14.9. The number of piperidine rings is 1. The van der Waals surface area contributed by atoms with Crippen LogP contribution in [0.15, 0.2) is 42.1 Å². The third-order valence-corrected chi connectivity index (χ3v) is 5.62. The lowest BCUT2D eigenvalue weighted by Crippen LogP contribution is -2.30. The van der Waals surface area contributed by atoms with E-state index in [4.69, 9.17) is 16.6 Å². The van der Waals surface area contributed by atoms with Crippen molar-refractivity contribution in [2.45, 2.75) is 32.6 Å². The molecule has 0 amide bonds. The van der Waals surface area contributed by atoms with Crippen molar-refractivity contribution in [3.05, 3.63) is 69.5 Å². The summed E-state index contributed by atoms with van der Waals surface area (Å²) in [5.74, 6) is 0. The van der Waals surface area contributed by atoms with Crippen LogP contribution in [0.1, 0.15) is 42.1 Å². The van der Waals surface area contributed by atoms with Gasteiger partial charge in [0.05, 0.1) is 5.69 Å². The third-order valence-electron chi connectivity index (χ3n) is 5.39. The Morgan fingerprint density at radius 3 is 2.62 bits per heavy atom. The van der Waals surface area contributed by atoms with Gasteiger partial charge in [0.15, 0.2) is 0 Å². The normalized spacial score (nSPS) is 18.1. The van der Waals surface area contributed by atoms with Gasteiger partial charge in [-0.1, -0.05) is 36.2 Å². The number of benzene rings is 1. The third kappa shape index (κ3) is 2.89. The minimum Gasteiger partial charge on any atom is -0.303 e. The second-order valence-corrected chi connectivity index (χ2v) is 7.16. The van der Waals surface area contributed by atoms with Crippen molar-refractivity contribution in [3.8, 4) is 0 Å². The van der Waals surface area contributed by atoms with Crippen LogP contribution in [-0.2, 0) is 12.8 Å². The van der Waals surface area contributed by atoms with Gasteiger partial charge < -0.3 is 4.90 Å². The van der Waals surface area contributed by atoms with Gasteiger partial charge in [0.2, 0.25) is 0 Å². The zero-order chi connectivity index (χ0) is 16.5. The van der Waals surface area contributed by atoms with E-state index < -0.39 is 0 Å². The van der Waals surface area contributed by atoms with E-state index in [1.165, 1.54) is 28.0 Å². The Bertz CT molecular complexity index is 784. The van der Waals surface area contributed by atoms with Crippen molar-refractivity contribution in [3.63, 3.8) is 0 Å². The van der Waals surface area contributed by atoms with Gasteiger partial charge in [0.25, 0.3) is 0 Å². The Hall–Kier alpha value is -1.64. The fourth-order valence-corrected chi connectivity index (χ4v) is 4.22. The van der Waals surface area contributed by atoms with Crippen LogP contribution in [0.2, 0.25) is 5.02 Å². The fraction of sp³-hybridized carbons (Fsp3) is 0.381. The molecule has 0 unspecified atom stereocenters. The molecule has 124 valence electrons. The number of aryl methyl sites for hydroxylation is 2. The number of halogens is 1. The number of fused-ring (bicyclic) bond motifs is 2. The first kappa shape index (κ1) is 15.9. The van der Waals surface area contributed by atoms with Crippen molar-refractivity contribution >= 4 is 17.2 Å². The van der Waals surface area contributed by atoms with Crippen LogP contribution < -0.4 is 0 Å². The summed E-state index contributed by atoms with van der Waals surface area (Å²) < 4.78 is 0. The van der Waals surface area contributed by atoms with Gasteiger partial charge in [0, 0.05) is 29.9 Å². The van der Waals surface area contributed by atoms with E-state index in [-0.39, 0.29) is 0 Å². The predicted molar refractivity (Wildman–Crippen MR) is 100 cm³/mol. The first-order valence-electron chi connectivity index (χ1n) is 8.93. The van der Waals surface area contributed by atoms with Gasteiger partial charge in [-0.3, -0.25) is 4.98 Å². The average Bonchev–Trinajstić information content (AvgIpc) is 2.78. The monoisotopic (exact) mass is 338 g/mol. The average molecular weight is 339 g/mol. The molecule has 2 nitrogen and oxygen atoms in total. The van der Waals surface area contributed by atoms with Crippen LogP contribution in [0.3, 0.4) is 0 Å². The molecular weight excluding hydrogens is 316 g/mol. The zero-order valence-electron chi connectivity index (χ0n) is 14.2. The molecule has 0 bridgehead atoms. The van der Waals surface area contributed by atoms with Gasteiger partial charge in [-0.15, -0.1) is 0 Å². The maximum Gasteiger partial charge on any atom is 0.0739 e. The fourth-order valence-electron chi connectivity index (χ4n) is 4.02. The number of aromatic nitrogens is 1. The van der Waals surface area contributed by atoms with Crippen molar-refractivity contribution < 1.29 is 0 Å². The lowest BCUT2D eigenvalue weighted by molar-refractivity contribution is 0.270. The van der Waals surface area contributed by atoms with Crippen LogP contribution in [-0.4, -0.2) is 29.5 Å². The summed E-state index contributed by atoms with van der Waals surface area (Å²) in [5.41, 5.74) is 8.21. The Morgan fingerprint density at radius 1 is 1.04 bits per heavy atom. The lowest BCUT2D eigenvalue weighted by atomic mass is 9.88. The maximum atomic E-state index is 6.27. The molecule has 3 heteroatoms. The molecule has 24 heavy (non-hydrogen) atoms. The molecule has 0 radical (unpaired) electrons. The SMILES string of the molecule is CCN1CCC(=C2c3ccc(Cl)cc3CCc3cccnc32)CC1. The van der Waals surface area contributed by atoms with Gasteiger partial charge >= 0.3 is 0 Å². The minimum absolute atomic E-state index is 0.831. The molecule has 2 aliphatic rings. The summed E-state index contributed by atoms with van der Waals surface area (Å²) in [6, 6.07) is 10.7. The Labute approximate surface area is 149 Å². The second-order valence-electron chi connectivity index (χ2n) is 6.73. The van der Waals surface area contributed by atoms with Crippen molar-refractivity contribution in [1.29, 1.82) is 0 Å². The van der Waals surface area contributed by atoms with Gasteiger partial charge in [0.1, 0.15) is 0 Å². The summed E-state index contributed by atoms with van der Waals surface area (Å²) in [5, 5.41) is 0.831. The summed E-state index contributed by atoms with van der Waals surface area (Å²) in [6.07, 6.45) is 6.28. The maximum absolute atomic E-state index is 6.27. The summed E-state index contributed by atoms with van der Waals surface area (Å²) in [6.45, 7) is 5.70. The van der Waals surface area contributed by atoms with E-state index in [9.17, 15) is 0 Å². The molecule has 4 rings (SSSR count). The quantitative estimate of drug-likeness (QED) is 0.745. The Kier molecular flexibility index (Phi) is 4.43. The molecule has 0 N–H and O–H groups in total. The first-order valence-corrected chi connectivity index (χ1v) is 9.31. The highest BCUT2D eigenvalue weighted by atomic mass is 35.5. The van der Waals surface area contributed by atoms with Crippen LogP contribution in [0.5, 0.6) is 0 Å². The molecule has 1 fully saturated rings. The standard InChI is InChI=1S/C21H23ClN2/c1-2-24-12-9-15(10-13-24)20-19-8-7-18(22)14-17(19)6-5-16-4-3-11-23-21(16)20/h3-4,7-8,11,14H,2,5-6,9-10,12-13H2,1H3. The molecule has 1 aliphatic carbocycles. The predicted octanol–water partition coefficient (Wildman–Crippen LogP) is 4.75. The smallest absolute Gasteiger partial charge is 0.0739 e.